The van der Waals surface area contributed by atoms with Crippen LogP contribution in [-0.2, 0) is 19.1 Å². The maximum Gasteiger partial charge on any atom is 0.305 e. The monoisotopic (exact) mass is 213 g/mol. The van der Waals surface area contributed by atoms with E-state index >= 15 is 0 Å². The van der Waals surface area contributed by atoms with Crippen molar-refractivity contribution in [2.24, 2.45) is 5.92 Å². The summed E-state index contributed by atoms with van der Waals surface area (Å²) in [5.74, 6) is -0.908. The Kier molecular flexibility index (Phi) is 3.82. The van der Waals surface area contributed by atoms with Gasteiger partial charge in [0.15, 0.2) is 0 Å². The molecule has 15 heavy (non-hydrogen) atoms. The van der Waals surface area contributed by atoms with Crippen LogP contribution in [0, 0.1) is 5.92 Å². The van der Waals surface area contributed by atoms with Crippen molar-refractivity contribution in [3.05, 3.63) is 0 Å². The average Bonchev–Trinajstić information content (AvgIpc) is 2.44. The van der Waals surface area contributed by atoms with E-state index in [1.165, 1.54) is 0 Å². The lowest BCUT2D eigenvalue weighted by Crippen LogP contribution is -2.33. The summed E-state index contributed by atoms with van der Waals surface area (Å²) in [7, 11) is 0. The first-order chi connectivity index (χ1) is 7.06. The molecule has 1 saturated heterocycles. The molecule has 84 valence electrons. The fourth-order valence-electron chi connectivity index (χ4n) is 1.44. The molecule has 1 fully saturated rings. The molecule has 0 aromatic carbocycles. The summed E-state index contributed by atoms with van der Waals surface area (Å²) in [6.45, 7) is 3.68. The molecule has 0 saturated carbocycles. The Morgan fingerprint density at radius 2 is 2.20 bits per heavy atom. The van der Waals surface area contributed by atoms with Gasteiger partial charge in [0.1, 0.15) is 6.61 Å². The molecule has 0 aromatic rings. The number of imide groups is 1. The van der Waals surface area contributed by atoms with Crippen molar-refractivity contribution in [1.29, 1.82) is 0 Å². The molecule has 5 nitrogen and oxygen atoms in total. The number of ether oxygens (including phenoxy) is 1. The fourth-order valence-corrected chi connectivity index (χ4v) is 1.44. The summed E-state index contributed by atoms with van der Waals surface area (Å²) in [5, 5.41) is 0. The Morgan fingerprint density at radius 3 is 2.67 bits per heavy atom. The Bertz CT molecular complexity index is 287. The number of nitrogens with zero attached hydrogens (tertiary/aromatic N) is 1. The minimum Gasteiger partial charge on any atom is -0.464 e. The molecule has 0 N–H and O–H groups in total. The largest absolute Gasteiger partial charge is 0.464 e. The van der Waals surface area contributed by atoms with E-state index in [0.29, 0.717) is 6.42 Å². The molecule has 0 radical (unpaired) electrons. The van der Waals surface area contributed by atoms with Gasteiger partial charge in [0.05, 0.1) is 6.54 Å². The van der Waals surface area contributed by atoms with Crippen LogP contribution in [0.4, 0.5) is 0 Å². The Balaban J connectivity index is 2.36. The molecule has 1 rings (SSSR count). The zero-order valence-electron chi connectivity index (χ0n) is 8.99. The number of carbonyl (C=O) groups excluding carboxylic acids is 3. The van der Waals surface area contributed by atoms with E-state index in [2.05, 4.69) is 0 Å². The van der Waals surface area contributed by atoms with Crippen LogP contribution in [0.3, 0.4) is 0 Å². The molecule has 0 aliphatic carbocycles. The average molecular weight is 213 g/mol. The number of amides is 2. The standard InChI is InChI=1S/C10H15NO4/c1-3-9(13)15-5-4-11-8(12)6-7(2)10(11)14/h7H,3-6H2,1-2H3. The minimum atomic E-state index is -0.317. The van der Waals surface area contributed by atoms with Crippen LogP contribution in [0.2, 0.25) is 0 Å². The minimum absolute atomic E-state index is 0.0941. The van der Waals surface area contributed by atoms with E-state index in [1.54, 1.807) is 13.8 Å². The van der Waals surface area contributed by atoms with Crippen molar-refractivity contribution < 1.29 is 19.1 Å². The van der Waals surface area contributed by atoms with Gasteiger partial charge >= 0.3 is 5.97 Å². The lowest BCUT2D eigenvalue weighted by atomic mass is 10.1. The second-order valence-electron chi connectivity index (χ2n) is 3.56. The summed E-state index contributed by atoms with van der Waals surface area (Å²) >= 11 is 0. The summed E-state index contributed by atoms with van der Waals surface area (Å²) < 4.78 is 4.80. The summed E-state index contributed by atoms with van der Waals surface area (Å²) in [6.07, 6.45) is 0.568. The highest BCUT2D eigenvalue weighted by Crippen LogP contribution is 2.17. The van der Waals surface area contributed by atoms with E-state index in [1.807, 2.05) is 0 Å². The topological polar surface area (TPSA) is 63.7 Å². The van der Waals surface area contributed by atoms with Crippen molar-refractivity contribution in [3.63, 3.8) is 0 Å². The number of hydrogen-bond donors (Lipinski definition) is 0. The number of carbonyl (C=O) groups is 3. The molecule has 0 aromatic heterocycles. The predicted octanol–water partition coefficient (Wildman–Crippen LogP) is 0.335. The molecule has 1 aliphatic rings. The Hall–Kier alpha value is -1.39. The van der Waals surface area contributed by atoms with Crippen LogP contribution in [-0.4, -0.2) is 35.8 Å². The first kappa shape index (κ1) is 11.7. The van der Waals surface area contributed by atoms with Gasteiger partial charge in [0.2, 0.25) is 11.8 Å². The predicted molar refractivity (Wildman–Crippen MR) is 51.8 cm³/mol. The van der Waals surface area contributed by atoms with Crippen molar-refractivity contribution in [2.45, 2.75) is 26.7 Å². The van der Waals surface area contributed by atoms with E-state index in [0.717, 1.165) is 4.90 Å². The third kappa shape index (κ3) is 2.78. The van der Waals surface area contributed by atoms with Crippen LogP contribution in [0.15, 0.2) is 0 Å². The molecule has 0 bridgehead atoms. The molecule has 0 spiro atoms. The van der Waals surface area contributed by atoms with Crippen molar-refractivity contribution in [1.82, 2.24) is 4.90 Å². The molecule has 1 unspecified atom stereocenters. The third-order valence-corrected chi connectivity index (χ3v) is 2.34. The second kappa shape index (κ2) is 4.91. The van der Waals surface area contributed by atoms with Gasteiger partial charge in [-0.05, 0) is 0 Å². The fraction of sp³-hybridized carbons (Fsp3) is 0.700. The quantitative estimate of drug-likeness (QED) is 0.499. The van der Waals surface area contributed by atoms with Crippen LogP contribution in [0.25, 0.3) is 0 Å². The van der Waals surface area contributed by atoms with E-state index in [-0.39, 0.29) is 43.3 Å². The van der Waals surface area contributed by atoms with E-state index in [9.17, 15) is 14.4 Å². The number of hydrogen-bond acceptors (Lipinski definition) is 4. The SMILES string of the molecule is CCC(=O)OCCN1C(=O)CC(C)C1=O. The van der Waals surface area contributed by atoms with Gasteiger partial charge in [0, 0.05) is 18.8 Å². The smallest absolute Gasteiger partial charge is 0.305 e. The Morgan fingerprint density at radius 1 is 1.53 bits per heavy atom. The van der Waals surface area contributed by atoms with Crippen LogP contribution >= 0.6 is 0 Å². The zero-order valence-corrected chi connectivity index (χ0v) is 8.99. The molecule has 1 aliphatic heterocycles. The maximum atomic E-state index is 11.4. The first-order valence-corrected chi connectivity index (χ1v) is 5.06. The lowest BCUT2D eigenvalue weighted by molar-refractivity contribution is -0.148. The maximum absolute atomic E-state index is 11.4. The van der Waals surface area contributed by atoms with Gasteiger partial charge in [-0.3, -0.25) is 19.3 Å². The van der Waals surface area contributed by atoms with E-state index in [4.69, 9.17) is 4.74 Å². The Labute approximate surface area is 88.4 Å². The molecule has 1 atom stereocenters. The number of likely N-dealkylation sites (tertiary alicyclic amines) is 1. The van der Waals surface area contributed by atoms with Crippen LogP contribution < -0.4 is 0 Å². The van der Waals surface area contributed by atoms with Crippen molar-refractivity contribution in [3.8, 4) is 0 Å². The van der Waals surface area contributed by atoms with Crippen molar-refractivity contribution in [2.75, 3.05) is 13.2 Å². The first-order valence-electron chi connectivity index (χ1n) is 5.06. The lowest BCUT2D eigenvalue weighted by Gasteiger charge is -2.13. The van der Waals surface area contributed by atoms with Gasteiger partial charge < -0.3 is 4.74 Å². The normalized spacial score (nSPS) is 20.9. The highest BCUT2D eigenvalue weighted by atomic mass is 16.5. The summed E-state index contributed by atoms with van der Waals surface area (Å²) in [4.78, 5) is 34.7. The molecule has 5 heteroatoms. The van der Waals surface area contributed by atoms with Crippen LogP contribution in [0.1, 0.15) is 26.7 Å². The highest BCUT2D eigenvalue weighted by Gasteiger charge is 2.35. The van der Waals surface area contributed by atoms with Crippen molar-refractivity contribution >= 4 is 17.8 Å². The molecule has 1 heterocycles. The van der Waals surface area contributed by atoms with Gasteiger partial charge in [-0.15, -0.1) is 0 Å². The van der Waals surface area contributed by atoms with Gasteiger partial charge in [-0.1, -0.05) is 13.8 Å². The highest BCUT2D eigenvalue weighted by molar-refractivity contribution is 6.03. The second-order valence-corrected chi connectivity index (χ2v) is 3.56. The summed E-state index contributed by atoms with van der Waals surface area (Å²) in [5.41, 5.74) is 0. The number of rotatable bonds is 4. The molecular weight excluding hydrogens is 198 g/mol. The third-order valence-electron chi connectivity index (χ3n) is 2.34. The molecular formula is C10H15NO4. The van der Waals surface area contributed by atoms with Crippen LogP contribution in [0.5, 0.6) is 0 Å². The van der Waals surface area contributed by atoms with E-state index < -0.39 is 0 Å². The van der Waals surface area contributed by atoms with Gasteiger partial charge in [-0.2, -0.15) is 0 Å². The zero-order chi connectivity index (χ0) is 11.4. The van der Waals surface area contributed by atoms with Gasteiger partial charge in [-0.25, -0.2) is 0 Å². The summed E-state index contributed by atoms with van der Waals surface area (Å²) in [6, 6.07) is 0. The number of esters is 1. The molecule has 2 amide bonds. The van der Waals surface area contributed by atoms with Gasteiger partial charge in [0.25, 0.3) is 0 Å².